The van der Waals surface area contributed by atoms with Crippen LogP contribution in [0.3, 0.4) is 0 Å². The van der Waals surface area contributed by atoms with Crippen LogP contribution < -0.4 is 20.7 Å². The predicted molar refractivity (Wildman–Crippen MR) is 218 cm³/mol. The molecule has 0 aromatic heterocycles. The SMILES string of the molecule is Cc1c(C)c([Si](C(C)C)(C(C)C)C(C)C)c2cc3cc([Si](C)(C)C)c([Si](C)(C)C)cc3cc2c1[Si](C(C)C)(C(C)C)C(C)C. The zero-order chi connectivity index (χ0) is 34.1. The molecule has 0 atom stereocenters. The summed E-state index contributed by atoms with van der Waals surface area (Å²) in [6.07, 6.45) is 0. The van der Waals surface area contributed by atoms with Gasteiger partial charge in [0.1, 0.15) is 0 Å². The quantitative estimate of drug-likeness (QED) is 0.150. The first-order valence-electron chi connectivity index (χ1n) is 18.0. The van der Waals surface area contributed by atoms with Gasteiger partial charge in [0.15, 0.2) is 0 Å². The van der Waals surface area contributed by atoms with E-state index in [1.54, 1.807) is 42.6 Å². The fourth-order valence-electron chi connectivity index (χ4n) is 10.6. The Kier molecular flexibility index (Phi) is 10.7. The molecular weight excluding hydrogens is 593 g/mol. The lowest BCUT2D eigenvalue weighted by Gasteiger charge is -2.49. The second-order valence-electron chi connectivity index (χ2n) is 18.4. The summed E-state index contributed by atoms with van der Waals surface area (Å²) in [7, 11) is -6.97. The zero-order valence-corrected chi connectivity index (χ0v) is 36.8. The molecule has 3 aromatic carbocycles. The van der Waals surface area contributed by atoms with Gasteiger partial charge in [0, 0.05) is 0 Å². The van der Waals surface area contributed by atoms with Crippen molar-refractivity contribution >= 4 is 74.6 Å². The molecule has 0 heterocycles. The molecular formula is C40H70Si4. The van der Waals surface area contributed by atoms with Gasteiger partial charge in [0.2, 0.25) is 0 Å². The highest BCUT2D eigenvalue weighted by atomic mass is 28.3. The smallest absolute Gasteiger partial charge is 0.0656 e. The molecule has 0 aliphatic heterocycles. The first-order chi connectivity index (χ1) is 19.9. The average molecular weight is 663 g/mol. The Morgan fingerprint density at radius 1 is 0.386 bits per heavy atom. The van der Waals surface area contributed by atoms with Gasteiger partial charge in [-0.2, -0.15) is 0 Å². The Hall–Kier alpha value is -0.952. The average Bonchev–Trinajstić information content (AvgIpc) is 2.84. The van der Waals surface area contributed by atoms with Crippen LogP contribution in [0.5, 0.6) is 0 Å². The largest absolute Gasteiger partial charge is 0.0954 e. The van der Waals surface area contributed by atoms with Crippen molar-refractivity contribution in [2.24, 2.45) is 0 Å². The van der Waals surface area contributed by atoms with Gasteiger partial charge in [0.25, 0.3) is 0 Å². The van der Waals surface area contributed by atoms with E-state index in [1.807, 2.05) is 0 Å². The van der Waals surface area contributed by atoms with Crippen molar-refractivity contribution < 1.29 is 0 Å². The first-order valence-corrected chi connectivity index (χ1v) is 29.4. The van der Waals surface area contributed by atoms with E-state index in [0.29, 0.717) is 33.2 Å². The van der Waals surface area contributed by atoms with Crippen LogP contribution in [0.1, 0.15) is 94.2 Å². The number of fused-ring (bicyclic) bond motifs is 2. The van der Waals surface area contributed by atoms with E-state index in [2.05, 4.69) is 160 Å². The second-order valence-corrected chi connectivity index (χ2v) is 40.2. The van der Waals surface area contributed by atoms with Crippen molar-refractivity contribution in [3.8, 4) is 0 Å². The topological polar surface area (TPSA) is 0 Å². The summed E-state index contributed by atoms with van der Waals surface area (Å²) in [4.78, 5) is 0. The molecule has 4 heteroatoms. The van der Waals surface area contributed by atoms with Crippen molar-refractivity contribution in [1.29, 1.82) is 0 Å². The Morgan fingerprint density at radius 2 is 0.614 bits per heavy atom. The molecule has 0 aliphatic carbocycles. The van der Waals surface area contributed by atoms with Gasteiger partial charge in [-0.05, 0) is 102 Å². The summed E-state index contributed by atoms with van der Waals surface area (Å²) in [5.41, 5.74) is 7.35. The van der Waals surface area contributed by atoms with Gasteiger partial charge in [0.05, 0.1) is 32.3 Å². The molecule has 3 aromatic rings. The number of hydrogen-bond donors (Lipinski definition) is 0. The molecule has 44 heavy (non-hydrogen) atoms. The van der Waals surface area contributed by atoms with E-state index in [0.717, 1.165) is 0 Å². The van der Waals surface area contributed by atoms with Crippen molar-refractivity contribution in [2.45, 2.75) is 169 Å². The van der Waals surface area contributed by atoms with Crippen molar-refractivity contribution in [3.63, 3.8) is 0 Å². The van der Waals surface area contributed by atoms with Crippen LogP contribution in [0.4, 0.5) is 0 Å². The highest BCUT2D eigenvalue weighted by Gasteiger charge is 2.50. The standard InChI is InChI=1S/C40H70Si4/c1-25(2)43(26(3)4,27(5)6)39-31(13)32(14)40(44(28(7)8,29(9)10)30(11)12)36-22-34-24-38(42(18,19)20)37(41(15,16)17)23-33(34)21-35(36)39/h21-30H,1-20H3. The minimum atomic E-state index is -1.96. The Labute approximate surface area is 278 Å². The third-order valence-electron chi connectivity index (χ3n) is 12.2. The number of benzene rings is 3. The Bertz CT molecular complexity index is 1350. The van der Waals surface area contributed by atoms with Crippen molar-refractivity contribution in [3.05, 3.63) is 35.4 Å². The van der Waals surface area contributed by atoms with E-state index < -0.39 is 32.3 Å². The number of rotatable bonds is 10. The van der Waals surface area contributed by atoms with Crippen LogP contribution in [0.25, 0.3) is 21.5 Å². The maximum absolute atomic E-state index is 2.72. The highest BCUT2D eigenvalue weighted by Crippen LogP contribution is 2.47. The summed E-state index contributed by atoms with van der Waals surface area (Å²) in [5.74, 6) is 0. The monoisotopic (exact) mass is 662 g/mol. The zero-order valence-electron chi connectivity index (χ0n) is 32.8. The van der Waals surface area contributed by atoms with Crippen molar-refractivity contribution in [1.82, 2.24) is 0 Å². The first kappa shape index (κ1) is 37.5. The van der Waals surface area contributed by atoms with E-state index >= 15 is 0 Å². The molecule has 0 aliphatic rings. The summed E-state index contributed by atoms with van der Waals surface area (Å²) >= 11 is 0. The molecule has 0 radical (unpaired) electrons. The van der Waals surface area contributed by atoms with Crippen LogP contribution in [0.15, 0.2) is 24.3 Å². The van der Waals surface area contributed by atoms with E-state index in [9.17, 15) is 0 Å². The molecule has 0 fully saturated rings. The normalized spacial score (nSPS) is 14.2. The van der Waals surface area contributed by atoms with Crippen LogP contribution in [-0.4, -0.2) is 32.3 Å². The summed E-state index contributed by atoms with van der Waals surface area (Å²) < 4.78 is 0. The van der Waals surface area contributed by atoms with E-state index in [1.165, 1.54) is 10.8 Å². The van der Waals surface area contributed by atoms with Crippen LogP contribution in [0.2, 0.25) is 72.5 Å². The Morgan fingerprint density at radius 3 is 0.795 bits per heavy atom. The summed E-state index contributed by atoms with van der Waals surface area (Å²) in [6.45, 7) is 51.1. The molecule has 0 amide bonds. The molecule has 0 saturated carbocycles. The molecule has 0 saturated heterocycles. The molecule has 0 N–H and O–H groups in total. The molecule has 0 bridgehead atoms. The second kappa shape index (κ2) is 12.6. The lowest BCUT2D eigenvalue weighted by molar-refractivity contribution is 0.832. The maximum atomic E-state index is 2.72. The molecule has 0 unspecified atom stereocenters. The van der Waals surface area contributed by atoms with Crippen LogP contribution >= 0.6 is 0 Å². The van der Waals surface area contributed by atoms with E-state index in [-0.39, 0.29) is 0 Å². The third kappa shape index (κ3) is 5.74. The van der Waals surface area contributed by atoms with E-state index in [4.69, 9.17) is 0 Å². The van der Waals surface area contributed by atoms with Crippen LogP contribution in [-0.2, 0) is 0 Å². The summed E-state index contributed by atoms with van der Waals surface area (Å²) in [5, 5.41) is 13.2. The molecule has 0 spiro atoms. The minimum Gasteiger partial charge on any atom is -0.0656 e. The fourth-order valence-corrected chi connectivity index (χ4v) is 30.3. The molecule has 3 rings (SSSR count). The van der Waals surface area contributed by atoms with Crippen LogP contribution in [0, 0.1) is 13.8 Å². The fraction of sp³-hybridized carbons (Fsp3) is 0.650. The Balaban J connectivity index is 2.87. The molecule has 0 nitrogen and oxygen atoms in total. The van der Waals surface area contributed by atoms with Gasteiger partial charge in [-0.3, -0.25) is 0 Å². The summed E-state index contributed by atoms with van der Waals surface area (Å²) in [6, 6.07) is 10.8. The maximum Gasteiger partial charge on any atom is 0.0954 e. The van der Waals surface area contributed by atoms with Gasteiger partial charge in [-0.1, -0.05) is 145 Å². The highest BCUT2D eigenvalue weighted by molar-refractivity contribution is 7.00. The van der Waals surface area contributed by atoms with Gasteiger partial charge < -0.3 is 0 Å². The lowest BCUT2D eigenvalue weighted by Crippen LogP contribution is -2.60. The van der Waals surface area contributed by atoms with Crippen molar-refractivity contribution in [2.75, 3.05) is 0 Å². The third-order valence-corrected chi connectivity index (χ3v) is 31.0. The van der Waals surface area contributed by atoms with Gasteiger partial charge in [-0.25, -0.2) is 0 Å². The molecule has 246 valence electrons. The predicted octanol–water partition coefficient (Wildman–Crippen LogP) is 11.5. The van der Waals surface area contributed by atoms with Gasteiger partial charge >= 0.3 is 0 Å². The van der Waals surface area contributed by atoms with Gasteiger partial charge in [-0.15, -0.1) is 0 Å². The minimum absolute atomic E-state index is 0.680. The number of hydrogen-bond acceptors (Lipinski definition) is 0. The lowest BCUT2D eigenvalue weighted by atomic mass is 9.98.